The fourth-order valence-electron chi connectivity index (χ4n) is 1.72. The van der Waals surface area contributed by atoms with Gasteiger partial charge in [-0.25, -0.2) is 4.79 Å². The van der Waals surface area contributed by atoms with Gasteiger partial charge in [-0.05, 0) is 18.9 Å². The first-order valence-corrected chi connectivity index (χ1v) is 6.00. The van der Waals surface area contributed by atoms with Gasteiger partial charge in [0, 0.05) is 6.20 Å². The van der Waals surface area contributed by atoms with Crippen LogP contribution in [0.25, 0.3) is 0 Å². The molecular formula is C11H19N3O4. The lowest BCUT2D eigenvalue weighted by molar-refractivity contribution is -0.0245. The van der Waals surface area contributed by atoms with Crippen LogP contribution < -0.4 is 11.2 Å². The second-order valence-electron chi connectivity index (χ2n) is 3.59. The van der Waals surface area contributed by atoms with Crippen molar-refractivity contribution in [1.29, 1.82) is 0 Å². The summed E-state index contributed by atoms with van der Waals surface area (Å²) in [6.07, 6.45) is 2.28. The summed E-state index contributed by atoms with van der Waals surface area (Å²) in [6.45, 7) is 3.95. The maximum atomic E-state index is 11.5. The Morgan fingerprint density at radius 3 is 2.78 bits per heavy atom. The minimum absolute atomic E-state index is 0.0467. The molecule has 0 aliphatic carbocycles. The van der Waals surface area contributed by atoms with Crippen LogP contribution in [0.4, 0.5) is 5.82 Å². The van der Waals surface area contributed by atoms with Crippen molar-refractivity contribution in [2.45, 2.75) is 39.0 Å². The van der Waals surface area contributed by atoms with Crippen molar-refractivity contribution in [3.05, 3.63) is 22.7 Å². The Bertz CT molecular complexity index is 421. The van der Waals surface area contributed by atoms with Crippen molar-refractivity contribution in [1.82, 2.24) is 9.55 Å². The lowest BCUT2D eigenvalue weighted by Gasteiger charge is -2.14. The van der Waals surface area contributed by atoms with E-state index in [1.165, 1.54) is 16.8 Å². The zero-order valence-corrected chi connectivity index (χ0v) is 10.5. The highest BCUT2D eigenvalue weighted by molar-refractivity contribution is 5.27. The molecule has 3 N–H and O–H groups in total. The highest BCUT2D eigenvalue weighted by atomic mass is 16.5. The molecule has 1 aliphatic rings. The van der Waals surface area contributed by atoms with Crippen LogP contribution in [0.5, 0.6) is 0 Å². The molecule has 2 unspecified atom stereocenters. The maximum Gasteiger partial charge on any atom is 0.351 e. The Morgan fingerprint density at radius 2 is 2.28 bits per heavy atom. The van der Waals surface area contributed by atoms with Crippen LogP contribution in [-0.4, -0.2) is 32.6 Å². The smallest absolute Gasteiger partial charge is 0.351 e. The van der Waals surface area contributed by atoms with E-state index in [1.54, 1.807) is 5.48 Å². The maximum absolute atomic E-state index is 11.5. The van der Waals surface area contributed by atoms with Gasteiger partial charge < -0.3 is 9.84 Å². The Balaban J connectivity index is 0.000000771. The fraction of sp³-hybridized carbons (Fsp3) is 0.636. The Labute approximate surface area is 105 Å². The Hall–Kier alpha value is -1.44. The van der Waals surface area contributed by atoms with E-state index >= 15 is 0 Å². The molecule has 1 aromatic rings. The molecule has 7 heteroatoms. The van der Waals surface area contributed by atoms with Gasteiger partial charge in [0.15, 0.2) is 5.82 Å². The van der Waals surface area contributed by atoms with E-state index < -0.39 is 5.69 Å². The zero-order valence-electron chi connectivity index (χ0n) is 10.5. The van der Waals surface area contributed by atoms with E-state index in [0.29, 0.717) is 12.8 Å². The summed E-state index contributed by atoms with van der Waals surface area (Å²) in [4.78, 5) is 15.1. The van der Waals surface area contributed by atoms with Crippen molar-refractivity contribution in [3.63, 3.8) is 0 Å². The summed E-state index contributed by atoms with van der Waals surface area (Å²) >= 11 is 0. The molecule has 1 aliphatic heterocycles. The van der Waals surface area contributed by atoms with E-state index in [-0.39, 0.29) is 24.8 Å². The van der Waals surface area contributed by atoms with E-state index in [2.05, 4.69) is 4.98 Å². The molecule has 2 heterocycles. The summed E-state index contributed by atoms with van der Waals surface area (Å²) in [5.41, 5.74) is 1.30. The minimum Gasteiger partial charge on any atom is -0.394 e. The molecule has 1 saturated heterocycles. The first-order valence-electron chi connectivity index (χ1n) is 6.00. The van der Waals surface area contributed by atoms with Crippen LogP contribution in [-0.2, 0) is 4.74 Å². The summed E-state index contributed by atoms with van der Waals surface area (Å²) in [5, 5.41) is 17.5. The monoisotopic (exact) mass is 257 g/mol. The predicted molar refractivity (Wildman–Crippen MR) is 65.5 cm³/mol. The van der Waals surface area contributed by atoms with E-state index in [1.807, 2.05) is 13.8 Å². The molecule has 0 radical (unpaired) electrons. The van der Waals surface area contributed by atoms with Crippen LogP contribution >= 0.6 is 0 Å². The predicted octanol–water partition coefficient (Wildman–Crippen LogP) is 0.740. The van der Waals surface area contributed by atoms with Crippen molar-refractivity contribution in [2.24, 2.45) is 0 Å². The molecule has 1 fully saturated rings. The molecule has 7 nitrogen and oxygen atoms in total. The largest absolute Gasteiger partial charge is 0.394 e. The Kier molecular flexibility index (Phi) is 5.76. The number of ether oxygens (including phenoxy) is 1. The third-order valence-electron chi connectivity index (χ3n) is 2.54. The molecule has 1 aromatic heterocycles. The summed E-state index contributed by atoms with van der Waals surface area (Å²) < 4.78 is 6.78. The van der Waals surface area contributed by atoms with Gasteiger partial charge in [0.25, 0.3) is 0 Å². The molecule has 18 heavy (non-hydrogen) atoms. The van der Waals surface area contributed by atoms with Crippen molar-refractivity contribution < 1.29 is 15.1 Å². The average Bonchev–Trinajstić information content (AvgIpc) is 2.89. The van der Waals surface area contributed by atoms with Gasteiger partial charge >= 0.3 is 5.69 Å². The Morgan fingerprint density at radius 1 is 1.56 bits per heavy atom. The van der Waals surface area contributed by atoms with Crippen molar-refractivity contribution >= 4 is 5.82 Å². The van der Waals surface area contributed by atoms with Crippen LogP contribution in [0.1, 0.15) is 32.9 Å². The highest BCUT2D eigenvalue weighted by Crippen LogP contribution is 2.26. The lowest BCUT2D eigenvalue weighted by atomic mass is 10.2. The topological polar surface area (TPSA) is 96.6 Å². The molecule has 0 amide bonds. The molecule has 0 spiro atoms. The minimum atomic E-state index is -0.498. The molecule has 2 rings (SSSR count). The second kappa shape index (κ2) is 7.10. The van der Waals surface area contributed by atoms with E-state index in [9.17, 15) is 4.79 Å². The number of hydrogen-bond donors (Lipinski definition) is 3. The molecule has 0 bridgehead atoms. The van der Waals surface area contributed by atoms with Gasteiger partial charge in [-0.15, -0.1) is 0 Å². The van der Waals surface area contributed by atoms with Crippen LogP contribution in [0.15, 0.2) is 17.1 Å². The van der Waals surface area contributed by atoms with Gasteiger partial charge in [-0.1, -0.05) is 13.8 Å². The molecule has 102 valence electrons. The zero-order chi connectivity index (χ0) is 13.5. The summed E-state index contributed by atoms with van der Waals surface area (Å²) in [6, 6.07) is 1.47. The quantitative estimate of drug-likeness (QED) is 0.691. The molecule has 2 atom stereocenters. The SMILES string of the molecule is CC.O=c1nc(NO)ccn1C1CCC(CO)O1. The summed E-state index contributed by atoms with van der Waals surface area (Å²) in [7, 11) is 0. The first kappa shape index (κ1) is 14.6. The third-order valence-corrected chi connectivity index (χ3v) is 2.54. The van der Waals surface area contributed by atoms with Crippen LogP contribution in [0.3, 0.4) is 0 Å². The first-order chi connectivity index (χ1) is 8.74. The standard InChI is InChI=1S/C9H13N3O4.C2H6/c13-5-6-1-2-8(16-6)12-4-3-7(11-15)10-9(12)14;1-2/h3-4,6,8,13,15H,1-2,5H2,(H,10,11,14);1-2H3. The van der Waals surface area contributed by atoms with E-state index in [0.717, 1.165) is 0 Å². The number of rotatable bonds is 3. The second-order valence-corrected chi connectivity index (χ2v) is 3.59. The van der Waals surface area contributed by atoms with Crippen LogP contribution in [0, 0.1) is 0 Å². The number of nitrogens with zero attached hydrogens (tertiary/aromatic N) is 2. The van der Waals surface area contributed by atoms with Crippen molar-refractivity contribution in [2.75, 3.05) is 12.1 Å². The third kappa shape index (κ3) is 3.28. The fourth-order valence-corrected chi connectivity index (χ4v) is 1.72. The normalized spacial score (nSPS) is 22.2. The van der Waals surface area contributed by atoms with Gasteiger partial charge in [-0.2, -0.15) is 4.98 Å². The van der Waals surface area contributed by atoms with Gasteiger partial charge in [0.2, 0.25) is 0 Å². The van der Waals surface area contributed by atoms with Crippen molar-refractivity contribution in [3.8, 4) is 0 Å². The van der Waals surface area contributed by atoms with Crippen LogP contribution in [0.2, 0.25) is 0 Å². The number of nitrogens with one attached hydrogen (secondary N) is 1. The summed E-state index contributed by atoms with van der Waals surface area (Å²) in [5.74, 6) is 0.0953. The van der Waals surface area contributed by atoms with Gasteiger partial charge in [0.1, 0.15) is 6.23 Å². The number of aromatic nitrogens is 2. The highest BCUT2D eigenvalue weighted by Gasteiger charge is 2.26. The lowest BCUT2D eigenvalue weighted by Crippen LogP contribution is -2.27. The number of aliphatic hydroxyl groups excluding tert-OH is 1. The van der Waals surface area contributed by atoms with Gasteiger partial charge in [-0.3, -0.25) is 15.3 Å². The number of anilines is 1. The molecule has 0 saturated carbocycles. The van der Waals surface area contributed by atoms with Gasteiger partial charge in [0.05, 0.1) is 12.7 Å². The number of hydrogen-bond acceptors (Lipinski definition) is 6. The number of aliphatic hydroxyl groups is 1. The van der Waals surface area contributed by atoms with E-state index in [4.69, 9.17) is 15.1 Å². The average molecular weight is 257 g/mol. The molecule has 0 aromatic carbocycles. The molecular weight excluding hydrogens is 238 g/mol.